The van der Waals surface area contributed by atoms with Gasteiger partial charge in [0, 0.05) is 51.9 Å². The molecule has 1 amide bonds. The van der Waals surface area contributed by atoms with E-state index in [9.17, 15) is 4.79 Å². The van der Waals surface area contributed by atoms with E-state index in [-0.39, 0.29) is 5.91 Å². The van der Waals surface area contributed by atoms with Gasteiger partial charge in [0.2, 0.25) is 5.91 Å². The number of likely N-dealkylation sites (tertiary alicyclic amines) is 1. The Balaban J connectivity index is 1.16. The van der Waals surface area contributed by atoms with Gasteiger partial charge in [0.05, 0.1) is 13.2 Å². The summed E-state index contributed by atoms with van der Waals surface area (Å²) < 4.78 is 13.4. The number of piperidine rings is 1. The Kier molecular flexibility index (Phi) is 6.02. The van der Waals surface area contributed by atoms with Gasteiger partial charge in [0.15, 0.2) is 17.3 Å². The number of anilines is 1. The number of amides is 1. The number of rotatable bonds is 7. The Hall–Kier alpha value is -2.30. The quantitative estimate of drug-likeness (QED) is 0.684. The summed E-state index contributed by atoms with van der Waals surface area (Å²) >= 11 is 0. The first kappa shape index (κ1) is 20.6. The molecule has 3 aliphatic heterocycles. The lowest BCUT2D eigenvalue weighted by Gasteiger charge is -2.38. The molecule has 0 unspecified atom stereocenters. The maximum absolute atomic E-state index is 12.2. The molecule has 1 spiro atoms. The van der Waals surface area contributed by atoms with Gasteiger partial charge in [-0.1, -0.05) is 0 Å². The number of fused-ring (bicyclic) bond motifs is 1. The second kappa shape index (κ2) is 9.05. The van der Waals surface area contributed by atoms with Crippen LogP contribution in [0.25, 0.3) is 5.65 Å². The third-order valence-corrected chi connectivity index (χ3v) is 6.50. The van der Waals surface area contributed by atoms with Crippen LogP contribution >= 0.6 is 0 Å². The fourth-order valence-electron chi connectivity index (χ4n) is 4.68. The Labute approximate surface area is 181 Å². The SMILES string of the molecule is O=C(CCc1nnc2ccc(N3CCC4(CC3)OCCO4)nn12)NCCN1CCCC1. The van der Waals surface area contributed by atoms with Crippen LogP contribution in [0.15, 0.2) is 12.1 Å². The van der Waals surface area contributed by atoms with E-state index in [0.29, 0.717) is 44.1 Å². The molecule has 0 saturated carbocycles. The van der Waals surface area contributed by atoms with Gasteiger partial charge in [0.25, 0.3) is 0 Å². The summed E-state index contributed by atoms with van der Waals surface area (Å²) in [4.78, 5) is 16.9. The van der Waals surface area contributed by atoms with E-state index in [1.54, 1.807) is 4.52 Å². The third-order valence-electron chi connectivity index (χ3n) is 6.50. The van der Waals surface area contributed by atoms with Crippen molar-refractivity contribution in [2.24, 2.45) is 0 Å². The van der Waals surface area contributed by atoms with Crippen LogP contribution in [0.5, 0.6) is 0 Å². The third kappa shape index (κ3) is 4.65. The van der Waals surface area contributed by atoms with Crippen LogP contribution in [-0.2, 0) is 20.7 Å². The zero-order valence-corrected chi connectivity index (χ0v) is 18.0. The lowest BCUT2D eigenvalue weighted by molar-refractivity contribution is -0.169. The number of aryl methyl sites for hydroxylation is 1. The molecular formula is C21H31N7O3. The summed E-state index contributed by atoms with van der Waals surface area (Å²) in [5.41, 5.74) is 0.698. The molecule has 168 valence electrons. The smallest absolute Gasteiger partial charge is 0.220 e. The van der Waals surface area contributed by atoms with E-state index in [1.165, 1.54) is 12.8 Å². The normalized spacial score (nSPS) is 21.4. The molecule has 0 radical (unpaired) electrons. The lowest BCUT2D eigenvalue weighted by atomic mass is 10.0. The topological polar surface area (TPSA) is 97.1 Å². The number of aromatic nitrogens is 4. The minimum Gasteiger partial charge on any atom is -0.355 e. The number of ether oxygens (including phenoxy) is 2. The largest absolute Gasteiger partial charge is 0.355 e. The van der Waals surface area contributed by atoms with Crippen LogP contribution in [0.2, 0.25) is 0 Å². The van der Waals surface area contributed by atoms with Crippen LogP contribution in [0, 0.1) is 0 Å². The molecule has 2 aromatic rings. The van der Waals surface area contributed by atoms with Gasteiger partial charge in [-0.3, -0.25) is 4.79 Å². The molecule has 3 fully saturated rings. The molecule has 10 nitrogen and oxygen atoms in total. The molecule has 0 aliphatic carbocycles. The summed E-state index contributed by atoms with van der Waals surface area (Å²) in [5.74, 6) is 1.24. The summed E-state index contributed by atoms with van der Waals surface area (Å²) in [7, 11) is 0. The van der Waals surface area contributed by atoms with Crippen molar-refractivity contribution in [3.63, 3.8) is 0 Å². The second-order valence-electron chi connectivity index (χ2n) is 8.57. The zero-order chi connectivity index (χ0) is 21.1. The van der Waals surface area contributed by atoms with Gasteiger partial charge in [-0.25, -0.2) is 0 Å². The highest BCUT2D eigenvalue weighted by Gasteiger charge is 2.40. The maximum Gasteiger partial charge on any atom is 0.220 e. The summed E-state index contributed by atoms with van der Waals surface area (Å²) in [6.07, 6.45) is 5.09. The molecule has 5 rings (SSSR count). The first-order chi connectivity index (χ1) is 15.2. The lowest BCUT2D eigenvalue weighted by Crippen LogP contribution is -2.45. The Morgan fingerprint density at radius 3 is 2.61 bits per heavy atom. The highest BCUT2D eigenvalue weighted by molar-refractivity contribution is 5.76. The Morgan fingerprint density at radius 1 is 1.06 bits per heavy atom. The summed E-state index contributed by atoms with van der Waals surface area (Å²) in [6.45, 7) is 6.94. The summed E-state index contributed by atoms with van der Waals surface area (Å²) in [6, 6.07) is 3.91. The van der Waals surface area contributed by atoms with Crippen molar-refractivity contribution in [2.75, 3.05) is 57.4 Å². The molecule has 1 N–H and O–H groups in total. The maximum atomic E-state index is 12.2. The van der Waals surface area contributed by atoms with E-state index in [0.717, 1.165) is 51.4 Å². The van der Waals surface area contributed by atoms with Crippen molar-refractivity contribution in [3.05, 3.63) is 18.0 Å². The van der Waals surface area contributed by atoms with E-state index in [2.05, 4.69) is 25.3 Å². The number of hydrogen-bond donors (Lipinski definition) is 1. The van der Waals surface area contributed by atoms with E-state index in [4.69, 9.17) is 14.6 Å². The zero-order valence-electron chi connectivity index (χ0n) is 18.0. The monoisotopic (exact) mass is 429 g/mol. The van der Waals surface area contributed by atoms with Crippen LogP contribution in [0.4, 0.5) is 5.82 Å². The molecule has 3 saturated heterocycles. The number of hydrogen-bond acceptors (Lipinski definition) is 8. The molecule has 2 aromatic heterocycles. The molecule has 5 heterocycles. The van der Waals surface area contributed by atoms with E-state index >= 15 is 0 Å². The number of nitrogens with one attached hydrogen (secondary N) is 1. The first-order valence-corrected chi connectivity index (χ1v) is 11.4. The van der Waals surface area contributed by atoms with Crippen molar-refractivity contribution < 1.29 is 14.3 Å². The highest BCUT2D eigenvalue weighted by atomic mass is 16.7. The average Bonchev–Trinajstić information content (AvgIpc) is 3.54. The molecule has 3 aliphatic rings. The average molecular weight is 430 g/mol. The molecular weight excluding hydrogens is 398 g/mol. The van der Waals surface area contributed by atoms with Gasteiger partial charge >= 0.3 is 0 Å². The molecule has 0 aromatic carbocycles. The van der Waals surface area contributed by atoms with E-state index < -0.39 is 5.79 Å². The van der Waals surface area contributed by atoms with Crippen LogP contribution < -0.4 is 10.2 Å². The minimum atomic E-state index is -0.398. The Bertz CT molecular complexity index is 896. The number of carbonyl (C=O) groups is 1. The first-order valence-electron chi connectivity index (χ1n) is 11.4. The number of nitrogens with zero attached hydrogens (tertiary/aromatic N) is 6. The van der Waals surface area contributed by atoms with Crippen molar-refractivity contribution in [1.82, 2.24) is 30.0 Å². The second-order valence-corrected chi connectivity index (χ2v) is 8.57. The van der Waals surface area contributed by atoms with Gasteiger partial charge in [-0.2, -0.15) is 4.52 Å². The summed E-state index contributed by atoms with van der Waals surface area (Å²) in [5, 5.41) is 16.2. The predicted octanol–water partition coefficient (Wildman–Crippen LogP) is 0.612. The van der Waals surface area contributed by atoms with Crippen LogP contribution in [0.1, 0.15) is 37.9 Å². The van der Waals surface area contributed by atoms with Gasteiger partial charge in [0.1, 0.15) is 5.82 Å². The van der Waals surface area contributed by atoms with Crippen LogP contribution in [0.3, 0.4) is 0 Å². The van der Waals surface area contributed by atoms with Crippen molar-refractivity contribution in [2.45, 2.75) is 44.3 Å². The fourth-order valence-corrected chi connectivity index (χ4v) is 4.68. The highest BCUT2D eigenvalue weighted by Crippen LogP contribution is 2.32. The van der Waals surface area contributed by atoms with Crippen molar-refractivity contribution in [3.8, 4) is 0 Å². The molecule has 10 heteroatoms. The van der Waals surface area contributed by atoms with E-state index in [1.807, 2.05) is 12.1 Å². The Morgan fingerprint density at radius 2 is 1.84 bits per heavy atom. The standard InChI is InChI=1S/C21H31N7O3/c29-20(22-9-14-26-10-1-2-11-26)6-5-18-24-23-17-3-4-19(25-28(17)18)27-12-7-21(8-13-27)30-15-16-31-21/h3-4H,1-2,5-16H2,(H,22,29). The predicted molar refractivity (Wildman–Crippen MR) is 114 cm³/mol. The van der Waals surface area contributed by atoms with Crippen molar-refractivity contribution >= 4 is 17.4 Å². The molecule has 0 bridgehead atoms. The van der Waals surface area contributed by atoms with Crippen molar-refractivity contribution in [1.29, 1.82) is 0 Å². The van der Waals surface area contributed by atoms with Gasteiger partial charge in [-0.15, -0.1) is 15.3 Å². The molecule has 31 heavy (non-hydrogen) atoms. The van der Waals surface area contributed by atoms with Gasteiger partial charge < -0.3 is 24.6 Å². The fraction of sp³-hybridized carbons (Fsp3) is 0.714. The number of carbonyl (C=O) groups excluding carboxylic acids is 1. The van der Waals surface area contributed by atoms with Gasteiger partial charge in [-0.05, 0) is 38.1 Å². The minimum absolute atomic E-state index is 0.0463. The van der Waals surface area contributed by atoms with Crippen LogP contribution in [-0.4, -0.2) is 88.9 Å². The molecule has 0 atom stereocenters.